The Morgan fingerprint density at radius 1 is 1.42 bits per heavy atom. The predicted octanol–water partition coefficient (Wildman–Crippen LogP) is 1.63. The average Bonchev–Trinajstić information content (AvgIpc) is 2.96. The molecule has 2 aromatic rings. The van der Waals surface area contributed by atoms with Crippen molar-refractivity contribution in [3.63, 3.8) is 0 Å². The molecule has 0 amide bonds. The zero-order valence-corrected chi connectivity index (χ0v) is 10.8. The predicted molar refractivity (Wildman–Crippen MR) is 71.0 cm³/mol. The Morgan fingerprint density at radius 3 is 2.95 bits per heavy atom. The average molecular weight is 278 g/mol. The number of hydrogen-bond donors (Lipinski definition) is 1. The van der Waals surface area contributed by atoms with E-state index in [9.17, 15) is 9.90 Å². The van der Waals surface area contributed by atoms with Gasteiger partial charge in [0.15, 0.2) is 11.5 Å². The molecule has 0 aliphatic carbocycles. The van der Waals surface area contributed by atoms with Crippen LogP contribution in [0.4, 0.5) is 5.69 Å². The zero-order chi connectivity index (χ0) is 13.4. The number of nitrogens with zero attached hydrogens (tertiary/aromatic N) is 2. The number of aromatic nitrogens is 1. The lowest BCUT2D eigenvalue weighted by molar-refractivity contribution is 0.174. The smallest absolute Gasteiger partial charge is 0.310 e. The molecule has 3 rings (SSSR count). The first-order valence-electron chi connectivity index (χ1n) is 5.47. The molecule has 1 aromatic heterocycles. The van der Waals surface area contributed by atoms with Crippen molar-refractivity contribution in [3.05, 3.63) is 32.7 Å². The van der Waals surface area contributed by atoms with Crippen molar-refractivity contribution in [1.29, 1.82) is 0 Å². The van der Waals surface area contributed by atoms with E-state index in [1.807, 2.05) is 0 Å². The number of thiazole rings is 1. The van der Waals surface area contributed by atoms with E-state index < -0.39 is 0 Å². The van der Waals surface area contributed by atoms with Crippen LogP contribution in [0.25, 0.3) is 0 Å². The van der Waals surface area contributed by atoms with E-state index >= 15 is 0 Å². The number of benzene rings is 1. The van der Waals surface area contributed by atoms with Crippen LogP contribution < -0.4 is 14.3 Å². The van der Waals surface area contributed by atoms with Gasteiger partial charge in [0.1, 0.15) is 4.88 Å². The van der Waals surface area contributed by atoms with Crippen LogP contribution >= 0.6 is 11.3 Å². The normalized spacial score (nSPS) is 13.3. The first-order valence-corrected chi connectivity index (χ1v) is 6.29. The summed E-state index contributed by atoms with van der Waals surface area (Å²) in [6.45, 7) is 0.212. The Balaban J connectivity index is 1.90. The molecule has 0 unspecified atom stereocenters. The molecule has 1 aromatic carbocycles. The van der Waals surface area contributed by atoms with Crippen LogP contribution in [0, 0.1) is 0 Å². The molecule has 7 heteroatoms. The summed E-state index contributed by atoms with van der Waals surface area (Å²) in [6, 6.07) is 5.27. The van der Waals surface area contributed by atoms with E-state index in [1.54, 1.807) is 18.2 Å². The molecule has 0 saturated heterocycles. The second-order valence-corrected chi connectivity index (χ2v) is 4.90. The molecule has 0 saturated carbocycles. The van der Waals surface area contributed by atoms with Crippen LogP contribution in [-0.2, 0) is 7.05 Å². The molecule has 2 heterocycles. The first kappa shape index (κ1) is 11.8. The van der Waals surface area contributed by atoms with Crippen LogP contribution in [0.5, 0.6) is 17.4 Å². The summed E-state index contributed by atoms with van der Waals surface area (Å²) in [6.07, 6.45) is 1.46. The van der Waals surface area contributed by atoms with Crippen molar-refractivity contribution in [1.82, 2.24) is 4.57 Å². The number of rotatable bonds is 2. The van der Waals surface area contributed by atoms with E-state index in [2.05, 4.69) is 4.99 Å². The first-order chi connectivity index (χ1) is 9.15. The molecule has 98 valence electrons. The fourth-order valence-corrected chi connectivity index (χ4v) is 2.39. The van der Waals surface area contributed by atoms with Crippen LogP contribution in [0.1, 0.15) is 4.88 Å². The topological polar surface area (TPSA) is 73.1 Å². The Hall–Kier alpha value is -2.28. The molecular weight excluding hydrogens is 268 g/mol. The van der Waals surface area contributed by atoms with E-state index in [-0.39, 0.29) is 17.5 Å². The van der Waals surface area contributed by atoms with Crippen molar-refractivity contribution in [2.45, 2.75) is 0 Å². The van der Waals surface area contributed by atoms with Crippen molar-refractivity contribution in [2.75, 3.05) is 6.79 Å². The van der Waals surface area contributed by atoms with Crippen LogP contribution in [0.3, 0.4) is 0 Å². The van der Waals surface area contributed by atoms with Gasteiger partial charge in [-0.05, 0) is 12.1 Å². The third-order valence-electron chi connectivity index (χ3n) is 2.70. The van der Waals surface area contributed by atoms with Gasteiger partial charge in [-0.15, -0.1) is 0 Å². The third-order valence-corrected chi connectivity index (χ3v) is 3.65. The largest absolute Gasteiger partial charge is 0.493 e. The van der Waals surface area contributed by atoms with Crippen molar-refractivity contribution in [2.24, 2.45) is 12.0 Å². The van der Waals surface area contributed by atoms with Gasteiger partial charge < -0.3 is 14.6 Å². The zero-order valence-electron chi connectivity index (χ0n) is 9.99. The van der Waals surface area contributed by atoms with Gasteiger partial charge in [-0.3, -0.25) is 14.4 Å². The number of ether oxygens (including phenoxy) is 2. The molecule has 0 atom stereocenters. The number of aliphatic imine (C=N–C) groups is 1. The molecule has 0 spiro atoms. The van der Waals surface area contributed by atoms with Crippen molar-refractivity contribution in [3.8, 4) is 17.4 Å². The molecule has 6 nitrogen and oxygen atoms in total. The Morgan fingerprint density at radius 2 is 2.21 bits per heavy atom. The van der Waals surface area contributed by atoms with Crippen LogP contribution in [0.15, 0.2) is 28.0 Å². The minimum absolute atomic E-state index is 0.0838. The summed E-state index contributed by atoms with van der Waals surface area (Å²) in [4.78, 5) is 15.7. The summed E-state index contributed by atoms with van der Waals surface area (Å²) >= 11 is 0.938. The minimum atomic E-state index is -0.232. The Labute approximate surface area is 112 Å². The second-order valence-electron chi connectivity index (χ2n) is 3.91. The highest BCUT2D eigenvalue weighted by Gasteiger charge is 2.13. The van der Waals surface area contributed by atoms with Gasteiger partial charge in [-0.25, -0.2) is 0 Å². The second kappa shape index (κ2) is 4.43. The van der Waals surface area contributed by atoms with Gasteiger partial charge in [0, 0.05) is 13.1 Å². The van der Waals surface area contributed by atoms with Crippen LogP contribution in [0.2, 0.25) is 0 Å². The summed E-state index contributed by atoms with van der Waals surface area (Å²) in [5.74, 6) is 1.24. The lowest BCUT2D eigenvalue weighted by atomic mass is 10.3. The highest BCUT2D eigenvalue weighted by Crippen LogP contribution is 2.35. The molecular formula is C12H10N2O4S. The fourth-order valence-electron chi connectivity index (χ4n) is 1.64. The summed E-state index contributed by atoms with van der Waals surface area (Å²) in [5, 5.41) is 9.69. The number of aromatic hydroxyl groups is 1. The van der Waals surface area contributed by atoms with Gasteiger partial charge in [0.05, 0.1) is 11.9 Å². The SMILES string of the molecule is Cn1c(O)c(C=Nc2ccc3c(c2)OCO3)sc1=O. The molecule has 1 aliphatic rings. The van der Waals surface area contributed by atoms with Gasteiger partial charge in [-0.2, -0.15) is 0 Å². The third kappa shape index (κ3) is 2.08. The minimum Gasteiger partial charge on any atom is -0.493 e. The van der Waals surface area contributed by atoms with E-state index in [0.717, 1.165) is 11.3 Å². The molecule has 0 fully saturated rings. The fraction of sp³-hybridized carbons (Fsp3) is 0.167. The number of fused-ring (bicyclic) bond motifs is 1. The maximum absolute atomic E-state index is 11.3. The standard InChI is InChI=1S/C12H10N2O4S/c1-14-11(15)10(19-12(14)16)5-13-7-2-3-8-9(4-7)18-6-17-8/h2-5,15H,6H2,1H3. The molecule has 1 aliphatic heterocycles. The quantitative estimate of drug-likeness (QED) is 0.847. The maximum atomic E-state index is 11.3. The summed E-state index contributed by atoms with van der Waals surface area (Å²) in [7, 11) is 1.51. The van der Waals surface area contributed by atoms with Gasteiger partial charge in [0.2, 0.25) is 12.7 Å². The van der Waals surface area contributed by atoms with E-state index in [1.165, 1.54) is 17.8 Å². The summed E-state index contributed by atoms with van der Waals surface area (Å²) < 4.78 is 11.6. The van der Waals surface area contributed by atoms with Crippen LogP contribution in [-0.4, -0.2) is 22.7 Å². The van der Waals surface area contributed by atoms with Gasteiger partial charge in [-0.1, -0.05) is 11.3 Å². The Kier molecular flexibility index (Phi) is 2.75. The highest BCUT2D eigenvalue weighted by atomic mass is 32.1. The van der Waals surface area contributed by atoms with Crippen molar-refractivity contribution < 1.29 is 14.6 Å². The maximum Gasteiger partial charge on any atom is 0.310 e. The highest BCUT2D eigenvalue weighted by molar-refractivity contribution is 7.11. The number of hydrogen-bond acceptors (Lipinski definition) is 6. The molecule has 1 N–H and O–H groups in total. The molecule has 0 bridgehead atoms. The van der Waals surface area contributed by atoms with Gasteiger partial charge >= 0.3 is 4.87 Å². The molecule has 19 heavy (non-hydrogen) atoms. The lowest BCUT2D eigenvalue weighted by Gasteiger charge is -1.97. The molecule has 0 radical (unpaired) electrons. The summed E-state index contributed by atoms with van der Waals surface area (Å²) in [5.41, 5.74) is 0.659. The van der Waals surface area contributed by atoms with Gasteiger partial charge in [0.25, 0.3) is 0 Å². The van der Waals surface area contributed by atoms with E-state index in [4.69, 9.17) is 9.47 Å². The monoisotopic (exact) mass is 278 g/mol. The Bertz CT molecular complexity index is 717. The van der Waals surface area contributed by atoms with E-state index in [0.29, 0.717) is 22.1 Å². The lowest BCUT2D eigenvalue weighted by Crippen LogP contribution is -2.05. The van der Waals surface area contributed by atoms with Crippen molar-refractivity contribution >= 4 is 23.2 Å².